The summed E-state index contributed by atoms with van der Waals surface area (Å²) in [5.41, 5.74) is 1.45. The second-order valence-corrected chi connectivity index (χ2v) is 10.9. The Bertz CT molecular complexity index is 1310. The predicted molar refractivity (Wildman–Crippen MR) is 137 cm³/mol. The Labute approximate surface area is 221 Å². The zero-order chi connectivity index (χ0) is 26.7. The predicted octanol–water partition coefficient (Wildman–Crippen LogP) is 5.33. The molecular formula is C25H28F2N4O4S2. The number of nitrogens with zero attached hydrogens (tertiary/aromatic N) is 3. The topological polar surface area (TPSA) is 95.3 Å². The summed E-state index contributed by atoms with van der Waals surface area (Å²) >= 11 is 2.61. The van der Waals surface area contributed by atoms with Gasteiger partial charge < -0.3 is 19.4 Å². The van der Waals surface area contributed by atoms with Crippen LogP contribution in [0.3, 0.4) is 0 Å². The third-order valence-electron chi connectivity index (χ3n) is 6.01. The normalized spacial score (nSPS) is 15.7. The maximum absolute atomic E-state index is 14.0. The van der Waals surface area contributed by atoms with Crippen LogP contribution in [-0.2, 0) is 29.4 Å². The number of anilines is 1. The van der Waals surface area contributed by atoms with Crippen molar-refractivity contribution in [1.29, 1.82) is 0 Å². The molecule has 0 unspecified atom stereocenters. The molecule has 4 rings (SSSR count). The van der Waals surface area contributed by atoms with Gasteiger partial charge in [-0.1, -0.05) is 18.7 Å². The number of benzene rings is 1. The highest BCUT2D eigenvalue weighted by Gasteiger charge is 2.29. The van der Waals surface area contributed by atoms with Crippen molar-refractivity contribution in [2.24, 2.45) is 13.0 Å². The quantitative estimate of drug-likeness (QED) is 0.284. The molecule has 0 bridgehead atoms. The molecular weight excluding hydrogens is 522 g/mol. The van der Waals surface area contributed by atoms with E-state index in [0.29, 0.717) is 27.5 Å². The van der Waals surface area contributed by atoms with Gasteiger partial charge in [-0.15, -0.1) is 21.5 Å². The van der Waals surface area contributed by atoms with Gasteiger partial charge in [0.1, 0.15) is 10.8 Å². The highest BCUT2D eigenvalue weighted by atomic mass is 32.2. The Balaban J connectivity index is 1.42. The molecule has 37 heavy (non-hydrogen) atoms. The van der Waals surface area contributed by atoms with Crippen LogP contribution < -0.4 is 10.1 Å². The van der Waals surface area contributed by atoms with Gasteiger partial charge in [-0.2, -0.15) is 0 Å². The van der Waals surface area contributed by atoms with E-state index in [1.807, 2.05) is 0 Å². The molecule has 198 valence electrons. The minimum Gasteiger partial charge on any atom is -0.480 e. The second kappa shape index (κ2) is 11.6. The first-order chi connectivity index (χ1) is 17.7. The number of fused-ring (bicyclic) bond motifs is 1. The van der Waals surface area contributed by atoms with Gasteiger partial charge in [0.25, 0.3) is 0 Å². The molecule has 1 amide bonds. The lowest BCUT2D eigenvalue weighted by atomic mass is 9.88. The number of aromatic nitrogens is 3. The van der Waals surface area contributed by atoms with Crippen LogP contribution >= 0.6 is 23.1 Å². The number of esters is 1. The van der Waals surface area contributed by atoms with Gasteiger partial charge in [0, 0.05) is 18.0 Å². The van der Waals surface area contributed by atoms with E-state index in [0.717, 1.165) is 41.8 Å². The Morgan fingerprint density at radius 3 is 2.84 bits per heavy atom. The Morgan fingerprint density at radius 2 is 2.11 bits per heavy atom. The molecule has 2 heterocycles. The van der Waals surface area contributed by atoms with Crippen LogP contribution in [0.15, 0.2) is 23.4 Å². The molecule has 0 aliphatic heterocycles. The number of carbonyl (C=O) groups is 2. The summed E-state index contributed by atoms with van der Waals surface area (Å²) in [7, 11) is 1.71. The fourth-order valence-corrected chi connectivity index (χ4v) is 6.30. The molecule has 2 atom stereocenters. The van der Waals surface area contributed by atoms with Crippen LogP contribution in [0.5, 0.6) is 5.75 Å². The zero-order valence-electron chi connectivity index (χ0n) is 21.0. The molecule has 1 N–H and O–H groups in total. The third-order valence-corrected chi connectivity index (χ3v) is 8.20. The summed E-state index contributed by atoms with van der Waals surface area (Å²) in [6.45, 7) is 5.86. The number of rotatable bonds is 9. The van der Waals surface area contributed by atoms with Gasteiger partial charge in [0.05, 0.1) is 17.9 Å². The van der Waals surface area contributed by atoms with Crippen molar-refractivity contribution in [1.82, 2.24) is 14.8 Å². The number of nitrogens with one attached hydrogen (secondary N) is 1. The Morgan fingerprint density at radius 1 is 1.32 bits per heavy atom. The summed E-state index contributed by atoms with van der Waals surface area (Å²) < 4.78 is 39.6. The fraction of sp³-hybridized carbons (Fsp3) is 0.440. The molecule has 1 aliphatic rings. The third kappa shape index (κ3) is 6.12. The minimum atomic E-state index is -0.813. The number of halogens is 2. The smallest absolute Gasteiger partial charge is 0.341 e. The molecule has 1 aliphatic carbocycles. The van der Waals surface area contributed by atoms with Crippen molar-refractivity contribution < 1.29 is 27.8 Å². The molecule has 0 spiro atoms. The van der Waals surface area contributed by atoms with Crippen molar-refractivity contribution in [3.05, 3.63) is 51.7 Å². The van der Waals surface area contributed by atoms with E-state index in [4.69, 9.17) is 9.47 Å². The average molecular weight is 551 g/mol. The SMILES string of the molecule is CCOC(=O)c1c(NC(=O)CSc2nnc([C@@H](C)Oc3ccc(F)cc3F)n2C)sc2c1CC[C@@H](C)C2. The maximum atomic E-state index is 14.0. The first-order valence-electron chi connectivity index (χ1n) is 11.9. The van der Waals surface area contributed by atoms with E-state index >= 15 is 0 Å². The lowest BCUT2D eigenvalue weighted by molar-refractivity contribution is -0.113. The van der Waals surface area contributed by atoms with E-state index in [1.54, 1.807) is 25.5 Å². The second-order valence-electron chi connectivity index (χ2n) is 8.85. The first kappa shape index (κ1) is 27.1. The van der Waals surface area contributed by atoms with Gasteiger partial charge in [0.15, 0.2) is 28.7 Å². The minimum absolute atomic E-state index is 0.0367. The van der Waals surface area contributed by atoms with Crippen molar-refractivity contribution in [3.63, 3.8) is 0 Å². The number of hydrogen-bond donors (Lipinski definition) is 1. The van der Waals surface area contributed by atoms with Crippen LogP contribution in [0.1, 0.15) is 59.9 Å². The summed E-state index contributed by atoms with van der Waals surface area (Å²) in [5, 5.41) is 12.1. The van der Waals surface area contributed by atoms with E-state index < -0.39 is 23.7 Å². The molecule has 0 saturated carbocycles. The number of hydrogen-bond acceptors (Lipinski definition) is 8. The van der Waals surface area contributed by atoms with Gasteiger partial charge >= 0.3 is 5.97 Å². The van der Waals surface area contributed by atoms with E-state index in [-0.39, 0.29) is 24.0 Å². The van der Waals surface area contributed by atoms with Gasteiger partial charge in [0.2, 0.25) is 5.91 Å². The highest BCUT2D eigenvalue weighted by Crippen LogP contribution is 2.40. The van der Waals surface area contributed by atoms with Crippen molar-refractivity contribution in [3.8, 4) is 5.75 Å². The van der Waals surface area contributed by atoms with Crippen molar-refractivity contribution in [2.75, 3.05) is 17.7 Å². The lowest BCUT2D eigenvalue weighted by Crippen LogP contribution is -2.18. The standard InChI is InChI=1S/C25H28F2N4O4S2/c1-5-34-24(33)21-16-8-6-13(2)10-19(16)37-23(21)28-20(32)12-36-25-30-29-22(31(25)4)14(3)35-18-9-7-15(26)11-17(18)27/h7,9,11,13-14H,5-6,8,10,12H2,1-4H3,(H,28,32)/t13-,14-/m1/s1. The first-order valence-corrected chi connectivity index (χ1v) is 13.7. The van der Waals surface area contributed by atoms with Gasteiger partial charge in [-0.25, -0.2) is 13.6 Å². The molecule has 2 aromatic heterocycles. The maximum Gasteiger partial charge on any atom is 0.341 e. The van der Waals surface area contributed by atoms with Crippen molar-refractivity contribution >= 4 is 40.0 Å². The summed E-state index contributed by atoms with van der Waals surface area (Å²) in [6, 6.07) is 3.07. The number of thiophene rings is 1. The molecule has 0 radical (unpaired) electrons. The fourth-order valence-electron chi connectivity index (χ4n) is 4.17. The largest absolute Gasteiger partial charge is 0.480 e. The number of ether oxygens (including phenoxy) is 2. The lowest BCUT2D eigenvalue weighted by Gasteiger charge is -2.18. The van der Waals surface area contributed by atoms with Crippen LogP contribution in [0, 0.1) is 17.6 Å². The molecule has 1 aromatic carbocycles. The molecule has 3 aromatic rings. The van der Waals surface area contributed by atoms with Gasteiger partial charge in [-0.05, 0) is 56.7 Å². The Kier molecular flexibility index (Phi) is 8.48. The number of thioether (sulfide) groups is 1. The van der Waals surface area contributed by atoms with E-state index in [9.17, 15) is 18.4 Å². The van der Waals surface area contributed by atoms with E-state index in [2.05, 4.69) is 22.4 Å². The van der Waals surface area contributed by atoms with Crippen molar-refractivity contribution in [2.45, 2.75) is 51.3 Å². The molecule has 0 saturated heterocycles. The number of carbonyl (C=O) groups excluding carboxylic acids is 2. The molecule has 8 nitrogen and oxygen atoms in total. The summed E-state index contributed by atoms with van der Waals surface area (Å²) in [4.78, 5) is 26.6. The van der Waals surface area contributed by atoms with Crippen LogP contribution in [-0.4, -0.2) is 39.0 Å². The summed E-state index contributed by atoms with van der Waals surface area (Å²) in [5.74, 6) is -1.34. The molecule has 12 heteroatoms. The van der Waals surface area contributed by atoms with E-state index in [1.165, 1.54) is 29.2 Å². The number of amides is 1. The summed E-state index contributed by atoms with van der Waals surface area (Å²) in [6.07, 6.45) is 1.98. The average Bonchev–Trinajstić information content (AvgIpc) is 3.38. The van der Waals surface area contributed by atoms with Gasteiger partial charge in [-0.3, -0.25) is 4.79 Å². The van der Waals surface area contributed by atoms with Crippen LogP contribution in [0.25, 0.3) is 0 Å². The zero-order valence-corrected chi connectivity index (χ0v) is 22.6. The van der Waals surface area contributed by atoms with Crippen LogP contribution in [0.2, 0.25) is 0 Å². The molecule has 0 fully saturated rings. The highest BCUT2D eigenvalue weighted by molar-refractivity contribution is 7.99. The van der Waals surface area contributed by atoms with Crippen LogP contribution in [0.4, 0.5) is 13.8 Å². The monoisotopic (exact) mass is 550 g/mol. The Hall–Kier alpha value is -2.99.